The third-order valence-electron chi connectivity index (χ3n) is 2.12. The quantitative estimate of drug-likeness (QED) is 0.690. The van der Waals surface area contributed by atoms with Gasteiger partial charge in [0.05, 0.1) is 0 Å². The molecule has 17 heavy (non-hydrogen) atoms. The van der Waals surface area contributed by atoms with Gasteiger partial charge in [0.2, 0.25) is 0 Å². The Morgan fingerprint density at radius 2 is 2.12 bits per heavy atom. The summed E-state index contributed by atoms with van der Waals surface area (Å²) in [5.41, 5.74) is 7.05. The van der Waals surface area contributed by atoms with Crippen LogP contribution in [0.25, 0.3) is 0 Å². The van der Waals surface area contributed by atoms with Crippen LogP contribution in [-0.4, -0.2) is 30.1 Å². The van der Waals surface area contributed by atoms with Gasteiger partial charge in [-0.25, -0.2) is 8.78 Å². The Hall–Kier alpha value is -1.69. The summed E-state index contributed by atoms with van der Waals surface area (Å²) < 4.78 is 24.0. The molecule has 0 heterocycles. The standard InChI is InChI=1S/C11H14F2N2O2/c1-6-2-7(4-8(14)3-6)11(17)15-5-9(16)10(12)13/h2-4,9-10,16H,5,14H2,1H3,(H,15,17). The topological polar surface area (TPSA) is 75.4 Å². The summed E-state index contributed by atoms with van der Waals surface area (Å²) in [5.74, 6) is -0.542. The minimum atomic E-state index is -2.88. The fourth-order valence-electron chi connectivity index (χ4n) is 1.33. The van der Waals surface area contributed by atoms with Crippen molar-refractivity contribution < 1.29 is 18.7 Å². The second-order valence-electron chi connectivity index (χ2n) is 3.74. The monoisotopic (exact) mass is 244 g/mol. The Morgan fingerprint density at radius 1 is 1.47 bits per heavy atom. The molecule has 0 spiro atoms. The molecule has 0 aliphatic heterocycles. The zero-order valence-electron chi connectivity index (χ0n) is 9.28. The highest BCUT2D eigenvalue weighted by atomic mass is 19.3. The molecule has 0 radical (unpaired) electrons. The first-order chi connectivity index (χ1) is 7.90. The lowest BCUT2D eigenvalue weighted by molar-refractivity contribution is -0.00270. The third-order valence-corrected chi connectivity index (χ3v) is 2.12. The predicted molar refractivity (Wildman–Crippen MR) is 59.9 cm³/mol. The number of nitrogens with two attached hydrogens (primary N) is 1. The summed E-state index contributed by atoms with van der Waals surface area (Å²) in [6.07, 6.45) is -4.74. The average molecular weight is 244 g/mol. The number of rotatable bonds is 4. The van der Waals surface area contributed by atoms with Crippen LogP contribution in [0.2, 0.25) is 0 Å². The summed E-state index contributed by atoms with van der Waals surface area (Å²) in [4.78, 5) is 11.6. The SMILES string of the molecule is Cc1cc(N)cc(C(=O)NCC(O)C(F)F)c1. The van der Waals surface area contributed by atoms with E-state index in [-0.39, 0.29) is 5.56 Å². The largest absolute Gasteiger partial charge is 0.399 e. The zero-order chi connectivity index (χ0) is 13.0. The molecule has 1 aromatic rings. The molecule has 1 atom stereocenters. The van der Waals surface area contributed by atoms with Crippen LogP contribution in [-0.2, 0) is 0 Å². The number of hydrogen-bond donors (Lipinski definition) is 3. The number of aliphatic hydroxyl groups is 1. The zero-order valence-corrected chi connectivity index (χ0v) is 9.28. The molecule has 1 aromatic carbocycles. The first kappa shape index (κ1) is 13.4. The number of anilines is 1. The molecule has 0 saturated carbocycles. The lowest BCUT2D eigenvalue weighted by Gasteiger charge is -2.11. The molecule has 1 rings (SSSR count). The van der Waals surface area contributed by atoms with E-state index in [4.69, 9.17) is 10.8 Å². The van der Waals surface area contributed by atoms with Gasteiger partial charge in [-0.05, 0) is 30.7 Å². The van der Waals surface area contributed by atoms with Crippen molar-refractivity contribution in [2.24, 2.45) is 0 Å². The van der Waals surface area contributed by atoms with Gasteiger partial charge in [0, 0.05) is 17.8 Å². The van der Waals surface area contributed by atoms with E-state index in [2.05, 4.69) is 5.32 Å². The molecule has 0 aliphatic rings. The predicted octanol–water partition coefficient (Wildman–Crippen LogP) is 0.933. The van der Waals surface area contributed by atoms with Gasteiger partial charge >= 0.3 is 0 Å². The van der Waals surface area contributed by atoms with Crippen LogP contribution < -0.4 is 11.1 Å². The lowest BCUT2D eigenvalue weighted by Crippen LogP contribution is -2.35. The molecule has 4 N–H and O–H groups in total. The Kier molecular flexibility index (Phi) is 4.39. The Bertz CT molecular complexity index is 390. The smallest absolute Gasteiger partial charge is 0.265 e. The van der Waals surface area contributed by atoms with Gasteiger partial charge < -0.3 is 16.2 Å². The normalized spacial score (nSPS) is 12.5. The summed E-state index contributed by atoms with van der Waals surface area (Å²) >= 11 is 0. The summed E-state index contributed by atoms with van der Waals surface area (Å²) in [6, 6.07) is 4.71. The summed E-state index contributed by atoms with van der Waals surface area (Å²) in [6.45, 7) is 1.27. The molecule has 94 valence electrons. The van der Waals surface area contributed by atoms with Crippen LogP contribution in [0.5, 0.6) is 0 Å². The molecule has 1 amide bonds. The van der Waals surface area contributed by atoms with Crippen molar-refractivity contribution in [1.82, 2.24) is 5.32 Å². The number of aryl methyl sites for hydroxylation is 1. The lowest BCUT2D eigenvalue weighted by atomic mass is 10.1. The van der Waals surface area contributed by atoms with E-state index in [1.165, 1.54) is 6.07 Å². The molecule has 0 bridgehead atoms. The number of amides is 1. The van der Waals surface area contributed by atoms with Crippen molar-refractivity contribution in [2.75, 3.05) is 12.3 Å². The Labute approximate surface area is 97.4 Å². The van der Waals surface area contributed by atoms with E-state index in [9.17, 15) is 13.6 Å². The number of benzene rings is 1. The Morgan fingerprint density at radius 3 is 2.65 bits per heavy atom. The van der Waals surface area contributed by atoms with Crippen LogP contribution in [0.15, 0.2) is 18.2 Å². The fourth-order valence-corrected chi connectivity index (χ4v) is 1.33. The van der Waals surface area contributed by atoms with E-state index in [1.54, 1.807) is 19.1 Å². The maximum Gasteiger partial charge on any atom is 0.265 e. The van der Waals surface area contributed by atoms with Crippen LogP contribution in [0.1, 0.15) is 15.9 Å². The number of aliphatic hydroxyl groups excluding tert-OH is 1. The second-order valence-corrected chi connectivity index (χ2v) is 3.74. The van der Waals surface area contributed by atoms with Gasteiger partial charge in [0.25, 0.3) is 12.3 Å². The molecular weight excluding hydrogens is 230 g/mol. The number of halogens is 2. The molecule has 0 aromatic heterocycles. The van der Waals surface area contributed by atoms with Crippen molar-refractivity contribution in [3.05, 3.63) is 29.3 Å². The maximum absolute atomic E-state index is 12.0. The molecular formula is C11H14F2N2O2. The van der Waals surface area contributed by atoms with Gasteiger partial charge in [-0.1, -0.05) is 0 Å². The van der Waals surface area contributed by atoms with Crippen molar-refractivity contribution >= 4 is 11.6 Å². The number of alkyl halides is 2. The van der Waals surface area contributed by atoms with E-state index in [0.29, 0.717) is 5.69 Å². The number of carbonyl (C=O) groups excluding carboxylic acids is 1. The van der Waals surface area contributed by atoms with Gasteiger partial charge in [-0.15, -0.1) is 0 Å². The number of hydrogen-bond acceptors (Lipinski definition) is 3. The maximum atomic E-state index is 12.0. The van der Waals surface area contributed by atoms with E-state index in [1.807, 2.05) is 0 Å². The molecule has 6 heteroatoms. The van der Waals surface area contributed by atoms with Gasteiger partial charge in [-0.3, -0.25) is 4.79 Å². The second kappa shape index (κ2) is 5.58. The van der Waals surface area contributed by atoms with Crippen LogP contribution >= 0.6 is 0 Å². The molecule has 0 saturated heterocycles. The van der Waals surface area contributed by atoms with E-state index >= 15 is 0 Å². The highest BCUT2D eigenvalue weighted by Gasteiger charge is 2.17. The van der Waals surface area contributed by atoms with E-state index < -0.39 is 25.0 Å². The van der Waals surface area contributed by atoms with Gasteiger partial charge in [-0.2, -0.15) is 0 Å². The first-order valence-electron chi connectivity index (χ1n) is 5.01. The molecule has 1 unspecified atom stereocenters. The van der Waals surface area contributed by atoms with Crippen molar-refractivity contribution in [2.45, 2.75) is 19.5 Å². The van der Waals surface area contributed by atoms with Crippen molar-refractivity contribution in [3.63, 3.8) is 0 Å². The van der Waals surface area contributed by atoms with Crippen molar-refractivity contribution in [1.29, 1.82) is 0 Å². The molecule has 0 fully saturated rings. The van der Waals surface area contributed by atoms with Crippen molar-refractivity contribution in [3.8, 4) is 0 Å². The van der Waals surface area contributed by atoms with Gasteiger partial charge in [0.15, 0.2) is 0 Å². The van der Waals surface area contributed by atoms with Crippen LogP contribution in [0.3, 0.4) is 0 Å². The summed E-state index contributed by atoms with van der Waals surface area (Å²) in [7, 11) is 0. The number of nitrogen functional groups attached to an aromatic ring is 1. The van der Waals surface area contributed by atoms with Crippen LogP contribution in [0.4, 0.5) is 14.5 Å². The van der Waals surface area contributed by atoms with E-state index in [0.717, 1.165) is 5.56 Å². The summed E-state index contributed by atoms with van der Waals surface area (Å²) in [5, 5.41) is 11.1. The number of carbonyl (C=O) groups is 1. The first-order valence-corrected chi connectivity index (χ1v) is 5.01. The Balaban J connectivity index is 2.64. The minimum Gasteiger partial charge on any atom is -0.399 e. The number of nitrogens with one attached hydrogen (secondary N) is 1. The minimum absolute atomic E-state index is 0.281. The van der Waals surface area contributed by atoms with Gasteiger partial charge in [0.1, 0.15) is 6.10 Å². The third kappa shape index (κ3) is 3.99. The highest BCUT2D eigenvalue weighted by molar-refractivity contribution is 5.95. The average Bonchev–Trinajstić information content (AvgIpc) is 2.23. The fraction of sp³-hybridized carbons (Fsp3) is 0.364. The molecule has 0 aliphatic carbocycles. The molecule has 4 nitrogen and oxygen atoms in total. The highest BCUT2D eigenvalue weighted by Crippen LogP contribution is 2.11. The van der Waals surface area contributed by atoms with Crippen LogP contribution in [0, 0.1) is 6.92 Å².